The van der Waals surface area contributed by atoms with Gasteiger partial charge in [-0.2, -0.15) is 0 Å². The highest BCUT2D eigenvalue weighted by Crippen LogP contribution is 2.38. The highest BCUT2D eigenvalue weighted by molar-refractivity contribution is 6.33. The van der Waals surface area contributed by atoms with E-state index in [1.54, 1.807) is 12.1 Å². The number of halogens is 1. The Bertz CT molecular complexity index is 478. The number of para-hydroxylation sites is 1. The number of nitro groups is 1. The molecule has 0 aromatic heterocycles. The van der Waals surface area contributed by atoms with E-state index < -0.39 is 0 Å². The zero-order valence-electron chi connectivity index (χ0n) is 11.3. The van der Waals surface area contributed by atoms with Crippen molar-refractivity contribution in [2.75, 3.05) is 5.32 Å². The van der Waals surface area contributed by atoms with Gasteiger partial charge >= 0.3 is 0 Å². The molecular formula is C14H19ClN2O2. The topological polar surface area (TPSA) is 55.2 Å². The van der Waals surface area contributed by atoms with Gasteiger partial charge in [0.2, 0.25) is 0 Å². The van der Waals surface area contributed by atoms with E-state index in [0.29, 0.717) is 16.1 Å². The van der Waals surface area contributed by atoms with Crippen LogP contribution in [0.15, 0.2) is 18.2 Å². The molecular weight excluding hydrogens is 264 g/mol. The first-order valence-electron chi connectivity index (χ1n) is 6.58. The predicted octanol–water partition coefficient (Wildman–Crippen LogP) is 4.63. The lowest BCUT2D eigenvalue weighted by Gasteiger charge is -2.35. The molecule has 5 heteroatoms. The van der Waals surface area contributed by atoms with Crippen LogP contribution in [-0.2, 0) is 0 Å². The zero-order valence-corrected chi connectivity index (χ0v) is 12.0. The Morgan fingerprint density at radius 1 is 1.37 bits per heavy atom. The fourth-order valence-corrected chi connectivity index (χ4v) is 2.78. The normalized spacial score (nSPS) is 19.1. The van der Waals surface area contributed by atoms with Crippen LogP contribution in [0.3, 0.4) is 0 Å². The van der Waals surface area contributed by atoms with Crippen molar-refractivity contribution in [1.82, 2.24) is 0 Å². The van der Waals surface area contributed by atoms with Gasteiger partial charge < -0.3 is 5.32 Å². The van der Waals surface area contributed by atoms with Gasteiger partial charge in [-0.15, -0.1) is 0 Å². The number of hydrogen-bond acceptors (Lipinski definition) is 3. The molecule has 1 aliphatic carbocycles. The summed E-state index contributed by atoms with van der Waals surface area (Å²) in [5, 5.41) is 14.7. The molecule has 2 rings (SSSR count). The number of nitrogens with one attached hydrogen (secondary N) is 1. The van der Waals surface area contributed by atoms with E-state index in [1.807, 2.05) is 0 Å². The molecule has 0 heterocycles. The molecule has 104 valence electrons. The third kappa shape index (κ3) is 3.38. The first kappa shape index (κ1) is 14.1. The van der Waals surface area contributed by atoms with Gasteiger partial charge in [-0.3, -0.25) is 10.1 Å². The van der Waals surface area contributed by atoms with Crippen LogP contribution in [0, 0.1) is 15.5 Å². The molecule has 0 amide bonds. The van der Waals surface area contributed by atoms with Crippen molar-refractivity contribution in [3.05, 3.63) is 33.3 Å². The van der Waals surface area contributed by atoms with Crippen LogP contribution in [-0.4, -0.2) is 11.0 Å². The summed E-state index contributed by atoms with van der Waals surface area (Å²) in [6.07, 6.45) is 4.30. The molecule has 1 saturated carbocycles. The second-order valence-electron chi connectivity index (χ2n) is 5.97. The summed E-state index contributed by atoms with van der Waals surface area (Å²) < 4.78 is 0. The van der Waals surface area contributed by atoms with Gasteiger partial charge in [-0.05, 0) is 37.2 Å². The maximum atomic E-state index is 11.0. The van der Waals surface area contributed by atoms with Crippen LogP contribution in [0.2, 0.25) is 5.02 Å². The van der Waals surface area contributed by atoms with Gasteiger partial charge in [0.25, 0.3) is 5.69 Å². The largest absolute Gasteiger partial charge is 0.376 e. The van der Waals surface area contributed by atoms with Crippen molar-refractivity contribution < 1.29 is 4.92 Å². The molecule has 1 aromatic rings. The average Bonchev–Trinajstić information content (AvgIpc) is 2.33. The van der Waals surface area contributed by atoms with E-state index in [1.165, 1.54) is 6.07 Å². The first-order valence-corrected chi connectivity index (χ1v) is 6.96. The molecule has 0 aliphatic heterocycles. The lowest BCUT2D eigenvalue weighted by Crippen LogP contribution is -2.30. The Kier molecular flexibility index (Phi) is 3.99. The second kappa shape index (κ2) is 5.37. The van der Waals surface area contributed by atoms with E-state index in [2.05, 4.69) is 19.2 Å². The number of benzene rings is 1. The van der Waals surface area contributed by atoms with Gasteiger partial charge in [0.15, 0.2) is 0 Å². The van der Waals surface area contributed by atoms with Crippen LogP contribution in [0.4, 0.5) is 11.4 Å². The Hall–Kier alpha value is -1.29. The van der Waals surface area contributed by atoms with Crippen molar-refractivity contribution in [2.45, 2.75) is 45.6 Å². The van der Waals surface area contributed by atoms with E-state index >= 15 is 0 Å². The molecule has 1 aromatic carbocycles. The SMILES string of the molecule is CC1(C)CCC(Nc2c(Cl)cccc2[N+](=O)[O-])CC1. The number of rotatable bonds is 3. The van der Waals surface area contributed by atoms with Gasteiger partial charge in [-0.1, -0.05) is 31.5 Å². The molecule has 0 atom stereocenters. The van der Waals surface area contributed by atoms with E-state index in [9.17, 15) is 10.1 Å². The molecule has 0 unspecified atom stereocenters. The summed E-state index contributed by atoms with van der Waals surface area (Å²) in [7, 11) is 0. The quantitative estimate of drug-likeness (QED) is 0.649. The first-order chi connectivity index (χ1) is 8.89. The molecule has 1 N–H and O–H groups in total. The minimum Gasteiger partial charge on any atom is -0.376 e. The molecule has 1 aliphatic rings. The minimum absolute atomic E-state index is 0.0531. The molecule has 0 radical (unpaired) electrons. The number of hydrogen-bond donors (Lipinski definition) is 1. The summed E-state index contributed by atoms with van der Waals surface area (Å²) in [6.45, 7) is 4.53. The Morgan fingerprint density at radius 3 is 2.58 bits per heavy atom. The van der Waals surface area contributed by atoms with Crippen molar-refractivity contribution in [3.63, 3.8) is 0 Å². The van der Waals surface area contributed by atoms with Crippen molar-refractivity contribution >= 4 is 23.0 Å². The van der Waals surface area contributed by atoms with E-state index in [-0.39, 0.29) is 16.7 Å². The maximum Gasteiger partial charge on any atom is 0.293 e. The van der Waals surface area contributed by atoms with Crippen LogP contribution >= 0.6 is 11.6 Å². The van der Waals surface area contributed by atoms with E-state index in [0.717, 1.165) is 25.7 Å². The molecule has 1 fully saturated rings. The van der Waals surface area contributed by atoms with Crippen molar-refractivity contribution in [2.24, 2.45) is 5.41 Å². The van der Waals surface area contributed by atoms with Gasteiger partial charge in [0.1, 0.15) is 5.69 Å². The molecule has 0 bridgehead atoms. The summed E-state index contributed by atoms with van der Waals surface area (Å²) in [5.74, 6) is 0. The van der Waals surface area contributed by atoms with Gasteiger partial charge in [0, 0.05) is 12.1 Å². The fraction of sp³-hybridized carbons (Fsp3) is 0.571. The highest BCUT2D eigenvalue weighted by atomic mass is 35.5. The monoisotopic (exact) mass is 282 g/mol. The third-order valence-corrected chi connectivity index (χ3v) is 4.19. The average molecular weight is 283 g/mol. The van der Waals surface area contributed by atoms with Gasteiger partial charge in [-0.25, -0.2) is 0 Å². The second-order valence-corrected chi connectivity index (χ2v) is 6.38. The number of nitro benzene ring substituents is 1. The van der Waals surface area contributed by atoms with Crippen molar-refractivity contribution in [3.8, 4) is 0 Å². The molecule has 0 saturated heterocycles. The van der Waals surface area contributed by atoms with Crippen LogP contribution < -0.4 is 5.32 Å². The molecule has 19 heavy (non-hydrogen) atoms. The molecule has 0 spiro atoms. The summed E-state index contributed by atoms with van der Waals surface area (Å²) >= 11 is 6.08. The zero-order chi connectivity index (χ0) is 14.0. The van der Waals surface area contributed by atoms with Crippen LogP contribution in [0.25, 0.3) is 0 Å². The molecule has 4 nitrogen and oxygen atoms in total. The standard InChI is InChI=1S/C14H19ClN2O2/c1-14(2)8-6-10(7-9-14)16-13-11(15)4-3-5-12(13)17(18)19/h3-5,10,16H,6-9H2,1-2H3. The summed E-state index contributed by atoms with van der Waals surface area (Å²) in [6, 6.07) is 5.05. The predicted molar refractivity (Wildman–Crippen MR) is 77.8 cm³/mol. The van der Waals surface area contributed by atoms with Crippen LogP contribution in [0.5, 0.6) is 0 Å². The summed E-state index contributed by atoms with van der Waals surface area (Å²) in [5.41, 5.74) is 0.890. The Labute approximate surface area is 118 Å². The Balaban J connectivity index is 2.14. The lowest BCUT2D eigenvalue weighted by molar-refractivity contribution is -0.384. The van der Waals surface area contributed by atoms with E-state index in [4.69, 9.17) is 11.6 Å². The van der Waals surface area contributed by atoms with Crippen molar-refractivity contribution in [1.29, 1.82) is 0 Å². The third-order valence-electron chi connectivity index (χ3n) is 3.88. The van der Waals surface area contributed by atoms with Crippen LogP contribution in [0.1, 0.15) is 39.5 Å². The maximum absolute atomic E-state index is 11.0. The highest BCUT2D eigenvalue weighted by Gasteiger charge is 2.28. The van der Waals surface area contributed by atoms with Gasteiger partial charge in [0.05, 0.1) is 9.95 Å². The number of nitrogens with zero attached hydrogens (tertiary/aromatic N) is 1. The smallest absolute Gasteiger partial charge is 0.293 e. The lowest BCUT2D eigenvalue weighted by atomic mass is 9.75. The fourth-order valence-electron chi connectivity index (χ4n) is 2.56. The number of anilines is 1. The Morgan fingerprint density at radius 2 is 2.00 bits per heavy atom. The summed E-state index contributed by atoms with van der Waals surface area (Å²) in [4.78, 5) is 10.6. The minimum atomic E-state index is -0.388.